The number of carbonyl (C=O) groups is 1. The fraction of sp³-hybridized carbons (Fsp3) is 0.929. The molecule has 0 heterocycles. The van der Waals surface area contributed by atoms with Crippen molar-refractivity contribution in [2.45, 2.75) is 70.3 Å². The van der Waals surface area contributed by atoms with E-state index in [0.29, 0.717) is 17.0 Å². The zero-order valence-corrected chi connectivity index (χ0v) is 12.9. The van der Waals surface area contributed by atoms with Crippen LogP contribution in [0.4, 0.5) is 0 Å². The monoisotopic (exact) mass is 273 g/mol. The predicted molar refractivity (Wildman–Crippen MR) is 78.0 cm³/mol. The largest absolute Gasteiger partial charge is 0.459 e. The minimum absolute atomic E-state index is 0.0851. The second-order valence-corrected chi connectivity index (χ2v) is 7.23. The molecule has 2 atom stereocenters. The highest BCUT2D eigenvalue weighted by molar-refractivity contribution is 8.00. The van der Waals surface area contributed by atoms with Crippen LogP contribution in [0.15, 0.2) is 0 Å². The molecule has 3 nitrogen and oxygen atoms in total. The molecule has 0 aromatic carbocycles. The number of esters is 1. The lowest BCUT2D eigenvalue weighted by atomic mass is 9.95. The predicted octanol–water partition coefficient (Wildman–Crippen LogP) is 2.98. The van der Waals surface area contributed by atoms with Crippen LogP contribution in [-0.2, 0) is 9.53 Å². The van der Waals surface area contributed by atoms with Crippen LogP contribution in [0, 0.1) is 0 Å². The van der Waals surface area contributed by atoms with E-state index in [1.54, 1.807) is 11.8 Å². The average molecular weight is 273 g/mol. The van der Waals surface area contributed by atoms with Gasteiger partial charge in [-0.2, -0.15) is 0 Å². The molecule has 0 bridgehead atoms. The van der Waals surface area contributed by atoms with Crippen LogP contribution in [0.25, 0.3) is 0 Å². The maximum Gasteiger partial charge on any atom is 0.316 e. The average Bonchev–Trinajstić information content (AvgIpc) is 2.25. The first-order chi connectivity index (χ1) is 8.40. The molecule has 18 heavy (non-hydrogen) atoms. The van der Waals surface area contributed by atoms with Gasteiger partial charge in [-0.15, -0.1) is 11.8 Å². The topological polar surface area (TPSA) is 38.3 Å². The number of thioether (sulfide) groups is 1. The number of nitrogens with one attached hydrogen (secondary N) is 1. The molecule has 0 amide bonds. The van der Waals surface area contributed by atoms with E-state index in [4.69, 9.17) is 4.74 Å². The Morgan fingerprint density at radius 2 is 2.11 bits per heavy atom. The zero-order valence-electron chi connectivity index (χ0n) is 12.1. The molecule has 1 saturated carbocycles. The summed E-state index contributed by atoms with van der Waals surface area (Å²) in [6.07, 6.45) is 4.96. The maximum atomic E-state index is 11.6. The van der Waals surface area contributed by atoms with Gasteiger partial charge >= 0.3 is 5.97 Å². The molecular weight excluding hydrogens is 246 g/mol. The van der Waals surface area contributed by atoms with E-state index in [0.717, 1.165) is 6.54 Å². The summed E-state index contributed by atoms with van der Waals surface area (Å²) in [5.74, 6) is 0.402. The molecule has 0 spiro atoms. The highest BCUT2D eigenvalue weighted by atomic mass is 32.2. The number of rotatable bonds is 5. The molecule has 4 heteroatoms. The third kappa shape index (κ3) is 6.64. The van der Waals surface area contributed by atoms with Crippen molar-refractivity contribution in [3.63, 3.8) is 0 Å². The van der Waals surface area contributed by atoms with Crippen molar-refractivity contribution in [2.24, 2.45) is 0 Å². The van der Waals surface area contributed by atoms with E-state index in [-0.39, 0.29) is 11.6 Å². The van der Waals surface area contributed by atoms with E-state index >= 15 is 0 Å². The van der Waals surface area contributed by atoms with Gasteiger partial charge in [0.15, 0.2) is 0 Å². The van der Waals surface area contributed by atoms with Gasteiger partial charge in [0.25, 0.3) is 0 Å². The quantitative estimate of drug-likeness (QED) is 0.782. The van der Waals surface area contributed by atoms with Gasteiger partial charge in [-0.05, 0) is 46.6 Å². The molecule has 106 valence electrons. The van der Waals surface area contributed by atoms with Gasteiger partial charge in [0.2, 0.25) is 0 Å². The first-order valence-electron chi connectivity index (χ1n) is 6.97. The molecule has 0 saturated heterocycles. The van der Waals surface area contributed by atoms with Gasteiger partial charge in [0, 0.05) is 11.3 Å². The van der Waals surface area contributed by atoms with Crippen molar-refractivity contribution in [3.05, 3.63) is 0 Å². The van der Waals surface area contributed by atoms with Gasteiger partial charge in [0.05, 0.1) is 5.75 Å². The molecule has 1 fully saturated rings. The van der Waals surface area contributed by atoms with Crippen LogP contribution in [-0.4, -0.2) is 35.2 Å². The normalized spacial score (nSPS) is 24.9. The minimum atomic E-state index is -0.365. The van der Waals surface area contributed by atoms with Gasteiger partial charge < -0.3 is 10.1 Å². The Bertz CT molecular complexity index is 261. The Balaban J connectivity index is 2.24. The smallest absolute Gasteiger partial charge is 0.316 e. The second kappa shape index (κ2) is 7.39. The first-order valence-corrected chi connectivity index (χ1v) is 8.02. The molecule has 1 aliphatic rings. The Hall–Kier alpha value is -0.220. The van der Waals surface area contributed by atoms with Gasteiger partial charge in [-0.25, -0.2) is 0 Å². The third-order valence-electron chi connectivity index (χ3n) is 2.98. The molecule has 0 aromatic heterocycles. The van der Waals surface area contributed by atoms with E-state index < -0.39 is 0 Å². The van der Waals surface area contributed by atoms with Crippen molar-refractivity contribution in [3.8, 4) is 0 Å². The molecule has 1 rings (SSSR count). The van der Waals surface area contributed by atoms with Gasteiger partial charge in [0.1, 0.15) is 5.60 Å². The van der Waals surface area contributed by atoms with Crippen LogP contribution in [0.5, 0.6) is 0 Å². The summed E-state index contributed by atoms with van der Waals surface area (Å²) in [6, 6.07) is 0.639. The molecule has 0 aliphatic heterocycles. The van der Waals surface area contributed by atoms with Gasteiger partial charge in [-0.3, -0.25) is 4.79 Å². The number of ether oxygens (including phenoxy) is 1. The van der Waals surface area contributed by atoms with Crippen molar-refractivity contribution in [1.82, 2.24) is 5.32 Å². The van der Waals surface area contributed by atoms with Gasteiger partial charge in [-0.1, -0.05) is 13.3 Å². The third-order valence-corrected chi connectivity index (χ3v) is 4.28. The minimum Gasteiger partial charge on any atom is -0.459 e. The van der Waals surface area contributed by atoms with Crippen LogP contribution >= 0.6 is 11.8 Å². The lowest BCUT2D eigenvalue weighted by Gasteiger charge is -2.29. The summed E-state index contributed by atoms with van der Waals surface area (Å²) in [6.45, 7) is 8.93. The molecule has 0 radical (unpaired) electrons. The summed E-state index contributed by atoms with van der Waals surface area (Å²) in [7, 11) is 0. The fourth-order valence-corrected chi connectivity index (χ4v) is 3.46. The Morgan fingerprint density at radius 3 is 2.72 bits per heavy atom. The first kappa shape index (κ1) is 15.8. The van der Waals surface area contributed by atoms with E-state index in [1.165, 1.54) is 25.7 Å². The van der Waals surface area contributed by atoms with Crippen molar-refractivity contribution >= 4 is 17.7 Å². The summed E-state index contributed by atoms with van der Waals surface area (Å²) in [5, 5.41) is 4.12. The lowest BCUT2D eigenvalue weighted by Crippen LogP contribution is -2.35. The lowest BCUT2D eigenvalue weighted by molar-refractivity contribution is -0.151. The summed E-state index contributed by atoms with van der Waals surface area (Å²) < 4.78 is 5.33. The van der Waals surface area contributed by atoms with Crippen LogP contribution in [0.2, 0.25) is 0 Å². The van der Waals surface area contributed by atoms with Crippen molar-refractivity contribution in [2.75, 3.05) is 12.3 Å². The summed E-state index contributed by atoms with van der Waals surface area (Å²) >= 11 is 1.76. The number of carbonyl (C=O) groups excluding carboxylic acids is 1. The zero-order chi connectivity index (χ0) is 13.6. The standard InChI is InChI=1S/C14H27NO2S/c1-5-15-11-7-6-8-12(9-11)18-10-13(16)17-14(2,3)4/h11-12,15H,5-10H2,1-4H3. The highest BCUT2D eigenvalue weighted by Gasteiger charge is 2.23. The molecule has 0 aromatic rings. The van der Waals surface area contributed by atoms with Crippen LogP contribution in [0.3, 0.4) is 0 Å². The Morgan fingerprint density at radius 1 is 1.39 bits per heavy atom. The Labute approximate surface area is 115 Å². The highest BCUT2D eigenvalue weighted by Crippen LogP contribution is 2.28. The van der Waals surface area contributed by atoms with E-state index in [9.17, 15) is 4.79 Å². The van der Waals surface area contributed by atoms with E-state index in [1.807, 2.05) is 20.8 Å². The number of hydrogen-bond acceptors (Lipinski definition) is 4. The van der Waals surface area contributed by atoms with Crippen molar-refractivity contribution < 1.29 is 9.53 Å². The van der Waals surface area contributed by atoms with E-state index in [2.05, 4.69) is 12.2 Å². The number of hydrogen-bond donors (Lipinski definition) is 1. The fourth-order valence-electron chi connectivity index (χ4n) is 2.33. The molecule has 2 unspecified atom stereocenters. The summed E-state index contributed by atoms with van der Waals surface area (Å²) in [5.41, 5.74) is -0.365. The molecule has 1 aliphatic carbocycles. The van der Waals surface area contributed by atoms with Crippen LogP contribution in [0.1, 0.15) is 53.4 Å². The maximum absolute atomic E-state index is 11.6. The van der Waals surface area contributed by atoms with Crippen molar-refractivity contribution in [1.29, 1.82) is 0 Å². The van der Waals surface area contributed by atoms with Crippen LogP contribution < -0.4 is 5.32 Å². The SMILES string of the molecule is CCNC1CCCC(SCC(=O)OC(C)(C)C)C1. The summed E-state index contributed by atoms with van der Waals surface area (Å²) in [4.78, 5) is 11.6. The molecule has 1 N–H and O–H groups in total. The second-order valence-electron chi connectivity index (χ2n) is 5.94. The Kier molecular flexibility index (Phi) is 6.50. The molecular formula is C14H27NO2S.